The van der Waals surface area contributed by atoms with E-state index in [4.69, 9.17) is 5.73 Å². The van der Waals surface area contributed by atoms with Crippen molar-refractivity contribution in [2.75, 3.05) is 6.54 Å². The molecule has 86 valence electrons. The van der Waals surface area contributed by atoms with Crippen LogP contribution in [0, 0.1) is 0 Å². The highest BCUT2D eigenvalue weighted by molar-refractivity contribution is 5.67. The molecule has 0 radical (unpaired) electrons. The Kier molecular flexibility index (Phi) is 4.11. The van der Waals surface area contributed by atoms with E-state index in [1.165, 1.54) is 16.7 Å². The van der Waals surface area contributed by atoms with Crippen LogP contribution in [0.25, 0.3) is 17.2 Å². The van der Waals surface area contributed by atoms with E-state index in [-0.39, 0.29) is 0 Å². The van der Waals surface area contributed by atoms with Crippen LogP contribution in [-0.2, 0) is 0 Å². The number of hydrogen-bond acceptors (Lipinski definition) is 1. The number of hydrogen-bond donors (Lipinski definition) is 1. The lowest BCUT2D eigenvalue weighted by Gasteiger charge is -2.02. The lowest BCUT2D eigenvalue weighted by atomic mass is 10.0. The van der Waals surface area contributed by atoms with E-state index in [9.17, 15) is 0 Å². The van der Waals surface area contributed by atoms with Gasteiger partial charge in [-0.25, -0.2) is 0 Å². The van der Waals surface area contributed by atoms with Crippen molar-refractivity contribution >= 4 is 6.08 Å². The summed E-state index contributed by atoms with van der Waals surface area (Å²) in [5.74, 6) is 0. The average Bonchev–Trinajstić information content (AvgIpc) is 2.41. The van der Waals surface area contributed by atoms with Crippen LogP contribution in [0.1, 0.15) is 12.0 Å². The van der Waals surface area contributed by atoms with Gasteiger partial charge in [0.15, 0.2) is 0 Å². The Balaban J connectivity index is 2.23. The van der Waals surface area contributed by atoms with Crippen LogP contribution in [0.2, 0.25) is 0 Å². The summed E-state index contributed by atoms with van der Waals surface area (Å²) in [7, 11) is 0. The quantitative estimate of drug-likeness (QED) is 0.840. The fraction of sp³-hybridized carbons (Fsp3) is 0.125. The van der Waals surface area contributed by atoms with Gasteiger partial charge in [-0.15, -0.1) is 0 Å². The van der Waals surface area contributed by atoms with Crippen LogP contribution in [0.15, 0.2) is 60.7 Å². The molecule has 0 aliphatic heterocycles. The topological polar surface area (TPSA) is 26.0 Å². The van der Waals surface area contributed by atoms with Gasteiger partial charge in [0.05, 0.1) is 0 Å². The van der Waals surface area contributed by atoms with Crippen molar-refractivity contribution in [1.82, 2.24) is 0 Å². The molecule has 2 rings (SSSR count). The molecule has 1 heteroatoms. The Hall–Kier alpha value is -1.86. The smallest absolute Gasteiger partial charge is 0.00425 e. The molecular weight excluding hydrogens is 206 g/mol. The van der Waals surface area contributed by atoms with Crippen molar-refractivity contribution in [2.45, 2.75) is 6.42 Å². The molecule has 0 unspecified atom stereocenters. The Morgan fingerprint density at radius 1 is 0.882 bits per heavy atom. The predicted molar refractivity (Wildman–Crippen MR) is 74.6 cm³/mol. The van der Waals surface area contributed by atoms with Gasteiger partial charge in [-0.2, -0.15) is 0 Å². The van der Waals surface area contributed by atoms with Gasteiger partial charge in [0.1, 0.15) is 0 Å². The molecule has 0 saturated heterocycles. The highest BCUT2D eigenvalue weighted by Crippen LogP contribution is 2.20. The van der Waals surface area contributed by atoms with Crippen molar-refractivity contribution in [3.8, 4) is 11.1 Å². The van der Waals surface area contributed by atoms with Gasteiger partial charge in [0.2, 0.25) is 0 Å². The first-order chi connectivity index (χ1) is 8.40. The normalized spacial score (nSPS) is 10.9. The summed E-state index contributed by atoms with van der Waals surface area (Å²) in [6.45, 7) is 0.703. The molecule has 0 spiro atoms. The zero-order chi connectivity index (χ0) is 11.9. The van der Waals surface area contributed by atoms with Gasteiger partial charge in [0, 0.05) is 0 Å². The lowest BCUT2D eigenvalue weighted by molar-refractivity contribution is 1.01. The fourth-order valence-corrected chi connectivity index (χ4v) is 1.77. The molecule has 0 atom stereocenters. The SMILES string of the molecule is NCC/C=C/c1cccc(-c2ccccc2)c1. The number of benzene rings is 2. The largest absolute Gasteiger partial charge is 0.330 e. The van der Waals surface area contributed by atoms with Gasteiger partial charge >= 0.3 is 0 Å². The molecule has 0 aliphatic carbocycles. The van der Waals surface area contributed by atoms with Crippen molar-refractivity contribution in [3.05, 3.63) is 66.2 Å². The van der Waals surface area contributed by atoms with Gasteiger partial charge < -0.3 is 5.73 Å². The van der Waals surface area contributed by atoms with Crippen molar-refractivity contribution in [3.63, 3.8) is 0 Å². The van der Waals surface area contributed by atoms with Gasteiger partial charge in [-0.05, 0) is 35.7 Å². The van der Waals surface area contributed by atoms with E-state index in [1.54, 1.807) is 0 Å². The Bertz CT molecular complexity index is 486. The summed E-state index contributed by atoms with van der Waals surface area (Å²) in [6.07, 6.45) is 5.17. The van der Waals surface area contributed by atoms with E-state index in [1.807, 2.05) is 6.07 Å². The van der Waals surface area contributed by atoms with E-state index in [2.05, 4.69) is 60.7 Å². The summed E-state index contributed by atoms with van der Waals surface area (Å²) in [6, 6.07) is 18.9. The summed E-state index contributed by atoms with van der Waals surface area (Å²) >= 11 is 0. The molecule has 1 nitrogen and oxygen atoms in total. The summed E-state index contributed by atoms with van der Waals surface area (Å²) < 4.78 is 0. The van der Waals surface area contributed by atoms with Crippen molar-refractivity contribution in [2.24, 2.45) is 5.73 Å². The zero-order valence-corrected chi connectivity index (χ0v) is 9.84. The Morgan fingerprint density at radius 3 is 2.41 bits per heavy atom. The molecule has 0 bridgehead atoms. The maximum absolute atomic E-state index is 5.46. The van der Waals surface area contributed by atoms with Gasteiger partial charge in [-0.3, -0.25) is 0 Å². The first kappa shape index (κ1) is 11.6. The lowest BCUT2D eigenvalue weighted by Crippen LogP contribution is -1.94. The molecule has 0 aromatic heterocycles. The highest BCUT2D eigenvalue weighted by Gasteiger charge is 1.96. The van der Waals surface area contributed by atoms with Crippen LogP contribution >= 0.6 is 0 Å². The second-order valence-electron chi connectivity index (χ2n) is 3.97. The Labute approximate surface area is 103 Å². The third-order valence-electron chi connectivity index (χ3n) is 2.64. The summed E-state index contributed by atoms with van der Waals surface area (Å²) in [4.78, 5) is 0. The van der Waals surface area contributed by atoms with Crippen molar-refractivity contribution < 1.29 is 0 Å². The minimum Gasteiger partial charge on any atom is -0.330 e. The molecule has 0 fully saturated rings. The average molecular weight is 223 g/mol. The van der Waals surface area contributed by atoms with Crippen LogP contribution in [-0.4, -0.2) is 6.54 Å². The standard InChI is InChI=1S/C16H17N/c17-12-5-4-7-14-8-6-11-16(13-14)15-9-2-1-3-10-15/h1-4,6-11,13H,5,12,17H2/b7-4+. The second kappa shape index (κ2) is 6.02. The van der Waals surface area contributed by atoms with Gasteiger partial charge in [0.25, 0.3) is 0 Å². The number of rotatable bonds is 4. The van der Waals surface area contributed by atoms with E-state index >= 15 is 0 Å². The first-order valence-electron chi connectivity index (χ1n) is 5.92. The maximum Gasteiger partial charge on any atom is -0.00425 e. The molecule has 2 aromatic carbocycles. The summed E-state index contributed by atoms with van der Waals surface area (Å²) in [5, 5.41) is 0. The molecule has 2 N–H and O–H groups in total. The maximum atomic E-state index is 5.46. The van der Waals surface area contributed by atoms with Crippen LogP contribution in [0.5, 0.6) is 0 Å². The van der Waals surface area contributed by atoms with E-state index in [0.717, 1.165) is 6.42 Å². The fourth-order valence-electron chi connectivity index (χ4n) is 1.77. The zero-order valence-electron chi connectivity index (χ0n) is 9.84. The Morgan fingerprint density at radius 2 is 1.65 bits per heavy atom. The molecule has 0 aliphatic rings. The monoisotopic (exact) mass is 223 g/mol. The first-order valence-corrected chi connectivity index (χ1v) is 5.92. The molecule has 0 amide bonds. The number of nitrogens with two attached hydrogens (primary N) is 1. The van der Waals surface area contributed by atoms with E-state index in [0.29, 0.717) is 6.54 Å². The van der Waals surface area contributed by atoms with Crippen LogP contribution in [0.3, 0.4) is 0 Å². The molecular formula is C16H17N. The summed E-state index contributed by atoms with van der Waals surface area (Å²) in [5.41, 5.74) is 9.19. The highest BCUT2D eigenvalue weighted by atomic mass is 14.5. The molecule has 0 heterocycles. The minimum atomic E-state index is 0.703. The molecule has 17 heavy (non-hydrogen) atoms. The van der Waals surface area contributed by atoms with Crippen molar-refractivity contribution in [1.29, 1.82) is 0 Å². The van der Waals surface area contributed by atoms with E-state index < -0.39 is 0 Å². The van der Waals surface area contributed by atoms with Gasteiger partial charge in [-0.1, -0.05) is 60.7 Å². The predicted octanol–water partition coefficient (Wildman–Crippen LogP) is 3.72. The van der Waals surface area contributed by atoms with Crippen LogP contribution < -0.4 is 5.73 Å². The third kappa shape index (κ3) is 3.30. The third-order valence-corrected chi connectivity index (χ3v) is 2.64. The molecule has 2 aromatic rings. The van der Waals surface area contributed by atoms with Crippen LogP contribution in [0.4, 0.5) is 0 Å². The second-order valence-corrected chi connectivity index (χ2v) is 3.97. The molecule has 0 saturated carbocycles. The minimum absolute atomic E-state index is 0.703.